The summed E-state index contributed by atoms with van der Waals surface area (Å²) in [6.07, 6.45) is 1.92. The smallest absolute Gasteiger partial charge is 0.262 e. The Hall–Kier alpha value is -2.64. The van der Waals surface area contributed by atoms with Gasteiger partial charge in [0, 0.05) is 6.61 Å². The van der Waals surface area contributed by atoms with Crippen molar-refractivity contribution in [2.75, 3.05) is 19.5 Å². The van der Waals surface area contributed by atoms with Crippen LogP contribution in [0.25, 0.3) is 10.9 Å². The second kappa shape index (κ2) is 8.80. The van der Waals surface area contributed by atoms with Crippen LogP contribution in [0.15, 0.2) is 58.5 Å². The number of aromatic nitrogens is 2. The van der Waals surface area contributed by atoms with Crippen molar-refractivity contribution < 1.29 is 14.3 Å². The third-order valence-corrected chi connectivity index (χ3v) is 5.95. The Morgan fingerprint density at radius 1 is 1.24 bits per heavy atom. The van der Waals surface area contributed by atoms with Crippen LogP contribution in [0.5, 0.6) is 5.75 Å². The first kappa shape index (κ1) is 19.7. The highest BCUT2D eigenvalue weighted by molar-refractivity contribution is 7.99. The lowest BCUT2D eigenvalue weighted by Crippen LogP contribution is -2.29. The van der Waals surface area contributed by atoms with Gasteiger partial charge in [0.05, 0.1) is 42.0 Å². The number of carbonyl (C=O) groups is 1. The van der Waals surface area contributed by atoms with Crippen molar-refractivity contribution in [2.24, 2.45) is 0 Å². The molecule has 0 aliphatic carbocycles. The van der Waals surface area contributed by atoms with Crippen molar-refractivity contribution in [3.05, 3.63) is 64.4 Å². The molecule has 1 atom stereocenters. The minimum atomic E-state index is -0.0988. The van der Waals surface area contributed by atoms with E-state index < -0.39 is 0 Å². The van der Waals surface area contributed by atoms with Crippen LogP contribution in [-0.2, 0) is 11.3 Å². The number of ether oxygens (including phenoxy) is 2. The number of ketones is 1. The maximum absolute atomic E-state index is 13.1. The van der Waals surface area contributed by atoms with E-state index in [4.69, 9.17) is 9.47 Å². The fourth-order valence-electron chi connectivity index (χ4n) is 3.49. The van der Waals surface area contributed by atoms with E-state index in [1.54, 1.807) is 29.9 Å². The van der Waals surface area contributed by atoms with Crippen molar-refractivity contribution >= 4 is 28.4 Å². The molecule has 0 saturated carbocycles. The maximum atomic E-state index is 13.1. The van der Waals surface area contributed by atoms with Gasteiger partial charge in [-0.3, -0.25) is 14.2 Å². The monoisotopic (exact) mass is 410 g/mol. The molecule has 0 amide bonds. The number of methoxy groups -OCH3 is 1. The molecule has 0 unspecified atom stereocenters. The first-order chi connectivity index (χ1) is 14.2. The number of hydrogen-bond acceptors (Lipinski definition) is 6. The van der Waals surface area contributed by atoms with Crippen LogP contribution in [0.4, 0.5) is 0 Å². The number of carbonyl (C=O) groups excluding carboxylic acids is 1. The molecular weight excluding hydrogens is 388 g/mol. The van der Waals surface area contributed by atoms with Gasteiger partial charge in [-0.15, -0.1) is 0 Å². The van der Waals surface area contributed by atoms with Gasteiger partial charge in [0.15, 0.2) is 10.9 Å². The molecule has 1 aromatic heterocycles. The highest BCUT2D eigenvalue weighted by Crippen LogP contribution is 2.24. The Kier molecular flexibility index (Phi) is 5.97. The Morgan fingerprint density at radius 3 is 2.83 bits per heavy atom. The van der Waals surface area contributed by atoms with Crippen LogP contribution < -0.4 is 10.3 Å². The molecule has 1 fully saturated rings. The number of hydrogen-bond donors (Lipinski definition) is 0. The largest absolute Gasteiger partial charge is 0.496 e. The predicted molar refractivity (Wildman–Crippen MR) is 113 cm³/mol. The van der Waals surface area contributed by atoms with Crippen molar-refractivity contribution in [1.82, 2.24) is 9.55 Å². The second-order valence-corrected chi connectivity index (χ2v) is 7.82. The van der Waals surface area contributed by atoms with E-state index in [2.05, 4.69) is 4.98 Å². The van der Waals surface area contributed by atoms with Gasteiger partial charge >= 0.3 is 0 Å². The van der Waals surface area contributed by atoms with Gasteiger partial charge in [-0.1, -0.05) is 36.0 Å². The van der Waals surface area contributed by atoms with Gasteiger partial charge in [-0.2, -0.15) is 0 Å². The summed E-state index contributed by atoms with van der Waals surface area (Å²) < 4.78 is 12.7. The molecule has 1 aliphatic rings. The number of Topliss-reactive ketones (excluding diaryl/α,β-unsaturated/α-hetero) is 1. The third kappa shape index (κ3) is 4.21. The molecule has 2 heterocycles. The van der Waals surface area contributed by atoms with Gasteiger partial charge in [-0.25, -0.2) is 4.98 Å². The van der Waals surface area contributed by atoms with Gasteiger partial charge in [0.1, 0.15) is 5.75 Å². The number of rotatable bonds is 7. The van der Waals surface area contributed by atoms with Crippen LogP contribution in [0.1, 0.15) is 23.2 Å². The molecule has 0 bridgehead atoms. The van der Waals surface area contributed by atoms with Crippen LogP contribution in [-0.4, -0.2) is 40.9 Å². The summed E-state index contributed by atoms with van der Waals surface area (Å²) in [5.74, 6) is 0.635. The highest BCUT2D eigenvalue weighted by atomic mass is 32.2. The van der Waals surface area contributed by atoms with E-state index in [1.165, 1.54) is 11.8 Å². The summed E-state index contributed by atoms with van der Waals surface area (Å²) in [6, 6.07) is 14.4. The van der Waals surface area contributed by atoms with Gasteiger partial charge < -0.3 is 9.47 Å². The van der Waals surface area contributed by atoms with Crippen molar-refractivity contribution in [3.8, 4) is 5.75 Å². The van der Waals surface area contributed by atoms with Crippen LogP contribution in [0.2, 0.25) is 0 Å². The first-order valence-electron chi connectivity index (χ1n) is 9.57. The number of thioether (sulfide) groups is 1. The average Bonchev–Trinajstić information content (AvgIpc) is 3.27. The summed E-state index contributed by atoms with van der Waals surface area (Å²) in [5, 5.41) is 1.11. The summed E-state index contributed by atoms with van der Waals surface area (Å²) in [6.45, 7) is 1.16. The normalized spacial score (nSPS) is 16.2. The lowest BCUT2D eigenvalue weighted by Gasteiger charge is -2.16. The van der Waals surface area contributed by atoms with Crippen molar-refractivity contribution in [1.29, 1.82) is 0 Å². The number of para-hydroxylation sites is 2. The highest BCUT2D eigenvalue weighted by Gasteiger charge is 2.21. The molecule has 0 spiro atoms. The second-order valence-electron chi connectivity index (χ2n) is 6.87. The van der Waals surface area contributed by atoms with E-state index in [0.29, 0.717) is 33.9 Å². The quantitative estimate of drug-likeness (QED) is 0.337. The number of fused-ring (bicyclic) bond motifs is 1. The van der Waals surface area contributed by atoms with Gasteiger partial charge in [-0.05, 0) is 37.1 Å². The molecule has 150 valence electrons. The van der Waals surface area contributed by atoms with Crippen LogP contribution in [0, 0.1) is 0 Å². The lowest BCUT2D eigenvalue weighted by molar-refractivity contribution is 0.0937. The topological polar surface area (TPSA) is 70.4 Å². The number of benzene rings is 2. The van der Waals surface area contributed by atoms with E-state index >= 15 is 0 Å². The molecule has 7 heteroatoms. The summed E-state index contributed by atoms with van der Waals surface area (Å²) in [5.41, 5.74) is 1.06. The third-order valence-electron chi connectivity index (χ3n) is 4.98. The lowest BCUT2D eigenvalue weighted by atomic mass is 10.1. The summed E-state index contributed by atoms with van der Waals surface area (Å²) in [7, 11) is 1.55. The molecule has 29 heavy (non-hydrogen) atoms. The van der Waals surface area contributed by atoms with E-state index in [-0.39, 0.29) is 23.2 Å². The Bertz CT molecular complexity index is 1090. The zero-order valence-electron chi connectivity index (χ0n) is 16.2. The van der Waals surface area contributed by atoms with E-state index in [1.807, 2.05) is 30.3 Å². The first-order valence-corrected chi connectivity index (χ1v) is 10.6. The van der Waals surface area contributed by atoms with Gasteiger partial charge in [0.2, 0.25) is 0 Å². The molecular formula is C22H22N2O4S. The fraction of sp³-hybridized carbons (Fsp3) is 0.318. The summed E-state index contributed by atoms with van der Waals surface area (Å²) >= 11 is 1.27. The minimum absolute atomic E-state index is 0.0000638. The summed E-state index contributed by atoms with van der Waals surface area (Å²) in [4.78, 5) is 30.5. The predicted octanol–water partition coefficient (Wildman–Crippen LogP) is 3.56. The fourth-order valence-corrected chi connectivity index (χ4v) is 4.39. The Morgan fingerprint density at radius 2 is 2.03 bits per heavy atom. The molecule has 3 aromatic rings. The SMILES string of the molecule is COc1ccccc1C(=O)CSc1nc2ccccc2c(=O)n1C[C@@H]1CCCO1. The molecule has 2 aromatic carbocycles. The molecule has 0 radical (unpaired) electrons. The number of nitrogens with zero attached hydrogens (tertiary/aromatic N) is 2. The van der Waals surface area contributed by atoms with Gasteiger partial charge in [0.25, 0.3) is 5.56 Å². The minimum Gasteiger partial charge on any atom is -0.496 e. The standard InChI is InChI=1S/C22H22N2O4S/c1-27-20-11-5-3-9-17(20)19(25)14-29-22-23-18-10-4-2-8-16(18)21(26)24(22)13-15-7-6-12-28-15/h2-5,8-11,15H,6-7,12-14H2,1H3/t15-/m0/s1. The zero-order chi connectivity index (χ0) is 20.2. The zero-order valence-corrected chi connectivity index (χ0v) is 17.0. The van der Waals surface area contributed by atoms with Crippen molar-refractivity contribution in [2.45, 2.75) is 30.6 Å². The molecule has 6 nitrogen and oxygen atoms in total. The molecule has 4 rings (SSSR count). The molecule has 1 aliphatic heterocycles. The van der Waals surface area contributed by atoms with Crippen LogP contribution >= 0.6 is 11.8 Å². The molecule has 1 saturated heterocycles. The average molecular weight is 410 g/mol. The maximum Gasteiger partial charge on any atom is 0.262 e. The van der Waals surface area contributed by atoms with Crippen LogP contribution in [0.3, 0.4) is 0 Å². The Balaban J connectivity index is 1.64. The van der Waals surface area contributed by atoms with E-state index in [9.17, 15) is 9.59 Å². The van der Waals surface area contributed by atoms with E-state index in [0.717, 1.165) is 19.4 Å². The molecule has 0 N–H and O–H groups in total. The Labute approximate surface area is 172 Å². The van der Waals surface area contributed by atoms with Crippen molar-refractivity contribution in [3.63, 3.8) is 0 Å².